The molecule has 154 valence electrons. The number of pyridine rings is 1. The number of aromatic hydroxyl groups is 1. The minimum absolute atomic E-state index is 0.0379. The van der Waals surface area contributed by atoms with E-state index in [1.165, 1.54) is 6.20 Å². The van der Waals surface area contributed by atoms with Gasteiger partial charge in [-0.25, -0.2) is 4.79 Å². The largest absolute Gasteiger partial charge is 0.506 e. The van der Waals surface area contributed by atoms with Crippen LogP contribution in [-0.2, 0) is 22.7 Å². The van der Waals surface area contributed by atoms with Gasteiger partial charge in [-0.2, -0.15) is 0 Å². The molecule has 0 saturated heterocycles. The maximum Gasteiger partial charge on any atom is 0.349 e. The van der Waals surface area contributed by atoms with Crippen LogP contribution in [0.1, 0.15) is 37.6 Å². The minimum atomic E-state index is -0.996. The molecule has 0 unspecified atom stereocenters. The van der Waals surface area contributed by atoms with Gasteiger partial charge in [-0.15, -0.1) is 0 Å². The highest BCUT2D eigenvalue weighted by Gasteiger charge is 2.31. The van der Waals surface area contributed by atoms with E-state index >= 15 is 0 Å². The van der Waals surface area contributed by atoms with Gasteiger partial charge in [0, 0.05) is 22.3 Å². The molecule has 8 heteroatoms. The average Bonchev–Trinajstić information content (AvgIpc) is 2.66. The molecule has 1 aromatic heterocycles. The van der Waals surface area contributed by atoms with Gasteiger partial charge in [-0.1, -0.05) is 11.6 Å². The molecule has 0 saturated carbocycles. The SMILES string of the molecule is CCOC(=O)C(C)(C)Oc1ccc(Cl)cc1.Cc1ncc(CO)c(CO)c1O. The number of aliphatic hydroxyl groups is 2. The highest BCUT2D eigenvalue weighted by Crippen LogP contribution is 2.23. The van der Waals surface area contributed by atoms with Gasteiger partial charge < -0.3 is 24.8 Å². The molecule has 7 nitrogen and oxygen atoms in total. The molecule has 0 aliphatic heterocycles. The Morgan fingerprint density at radius 3 is 2.29 bits per heavy atom. The highest BCUT2D eigenvalue weighted by molar-refractivity contribution is 6.30. The zero-order valence-corrected chi connectivity index (χ0v) is 17.2. The summed E-state index contributed by atoms with van der Waals surface area (Å²) in [6.45, 7) is 6.55. The van der Waals surface area contributed by atoms with E-state index in [-0.39, 0.29) is 24.9 Å². The van der Waals surface area contributed by atoms with Crippen molar-refractivity contribution in [3.05, 3.63) is 52.3 Å². The Balaban J connectivity index is 0.000000292. The molecule has 0 atom stereocenters. The average molecular weight is 412 g/mol. The number of carbonyl (C=O) groups is 1. The number of hydrogen-bond donors (Lipinski definition) is 3. The minimum Gasteiger partial charge on any atom is -0.506 e. The number of halogens is 1. The van der Waals surface area contributed by atoms with Crippen molar-refractivity contribution in [3.63, 3.8) is 0 Å². The van der Waals surface area contributed by atoms with Crippen LogP contribution in [0.25, 0.3) is 0 Å². The molecule has 1 heterocycles. The van der Waals surface area contributed by atoms with Crippen LogP contribution in [0.4, 0.5) is 0 Å². The molecule has 0 aliphatic rings. The summed E-state index contributed by atoms with van der Waals surface area (Å²) in [6, 6.07) is 6.84. The summed E-state index contributed by atoms with van der Waals surface area (Å²) in [5.41, 5.74) is 0.269. The Morgan fingerprint density at radius 1 is 1.18 bits per heavy atom. The first-order valence-electron chi connectivity index (χ1n) is 8.66. The van der Waals surface area contributed by atoms with Crippen molar-refractivity contribution in [1.29, 1.82) is 0 Å². The van der Waals surface area contributed by atoms with Crippen LogP contribution in [-0.4, -0.2) is 38.5 Å². The Morgan fingerprint density at radius 2 is 1.79 bits per heavy atom. The molecular formula is C20H26ClNO6. The van der Waals surface area contributed by atoms with Gasteiger partial charge in [0.1, 0.15) is 11.5 Å². The first kappa shape index (κ1) is 23.7. The molecular weight excluding hydrogens is 386 g/mol. The Kier molecular flexibility index (Phi) is 9.18. The predicted molar refractivity (Wildman–Crippen MR) is 105 cm³/mol. The zero-order chi connectivity index (χ0) is 21.3. The van der Waals surface area contributed by atoms with E-state index in [1.807, 2.05) is 0 Å². The van der Waals surface area contributed by atoms with Crippen molar-refractivity contribution < 1.29 is 29.6 Å². The molecule has 3 N–H and O–H groups in total. The van der Waals surface area contributed by atoms with Crippen molar-refractivity contribution in [2.45, 2.75) is 46.5 Å². The van der Waals surface area contributed by atoms with Gasteiger partial charge >= 0.3 is 5.97 Å². The lowest BCUT2D eigenvalue weighted by molar-refractivity contribution is -0.158. The number of benzene rings is 1. The second-order valence-electron chi connectivity index (χ2n) is 6.30. The predicted octanol–water partition coefficient (Wildman–Crippen LogP) is 3.14. The number of rotatable bonds is 6. The van der Waals surface area contributed by atoms with E-state index in [9.17, 15) is 9.90 Å². The van der Waals surface area contributed by atoms with Gasteiger partial charge in [0.25, 0.3) is 0 Å². The van der Waals surface area contributed by atoms with Crippen molar-refractivity contribution in [1.82, 2.24) is 4.98 Å². The van der Waals surface area contributed by atoms with Gasteiger partial charge in [0.2, 0.25) is 0 Å². The monoisotopic (exact) mass is 411 g/mol. The second kappa shape index (κ2) is 10.8. The maximum absolute atomic E-state index is 11.6. The number of aryl methyl sites for hydroxylation is 1. The van der Waals surface area contributed by atoms with Crippen molar-refractivity contribution in [2.75, 3.05) is 6.61 Å². The lowest BCUT2D eigenvalue weighted by atomic mass is 10.1. The smallest absolute Gasteiger partial charge is 0.349 e. The maximum atomic E-state index is 11.6. The number of esters is 1. The van der Waals surface area contributed by atoms with Crippen LogP contribution >= 0.6 is 11.6 Å². The summed E-state index contributed by atoms with van der Waals surface area (Å²) in [6.07, 6.45) is 1.45. The summed E-state index contributed by atoms with van der Waals surface area (Å²) in [5.74, 6) is 0.163. The fourth-order valence-electron chi connectivity index (χ4n) is 2.14. The van der Waals surface area contributed by atoms with E-state index in [2.05, 4.69) is 4.98 Å². The van der Waals surface area contributed by atoms with Crippen LogP contribution in [0, 0.1) is 6.92 Å². The van der Waals surface area contributed by atoms with E-state index in [0.29, 0.717) is 34.2 Å². The lowest BCUT2D eigenvalue weighted by Gasteiger charge is -2.23. The normalized spacial score (nSPS) is 10.7. The molecule has 0 radical (unpaired) electrons. The first-order valence-corrected chi connectivity index (χ1v) is 9.03. The third kappa shape index (κ3) is 6.67. The number of aromatic nitrogens is 1. The number of aliphatic hydroxyl groups excluding tert-OH is 2. The van der Waals surface area contributed by atoms with Gasteiger partial charge in [-0.3, -0.25) is 4.98 Å². The summed E-state index contributed by atoms with van der Waals surface area (Å²) in [7, 11) is 0. The molecule has 1 aromatic carbocycles. The number of nitrogens with zero attached hydrogens (tertiary/aromatic N) is 1. The van der Waals surface area contributed by atoms with Crippen LogP contribution in [0.3, 0.4) is 0 Å². The topological polar surface area (TPSA) is 109 Å². The Bertz CT molecular complexity index is 777. The van der Waals surface area contributed by atoms with Crippen molar-refractivity contribution in [3.8, 4) is 11.5 Å². The Labute approximate surface area is 169 Å². The zero-order valence-electron chi connectivity index (χ0n) is 16.4. The summed E-state index contributed by atoms with van der Waals surface area (Å²) in [5, 5.41) is 27.7. The molecule has 0 fully saturated rings. The van der Waals surface area contributed by atoms with E-state index in [1.54, 1.807) is 52.0 Å². The summed E-state index contributed by atoms with van der Waals surface area (Å²) < 4.78 is 10.5. The standard InChI is InChI=1S/C12H15ClO3.C8H11NO3/c1-4-15-11(14)12(2,3)16-10-7-5-9(13)6-8-10;1-5-8(12)7(4-11)6(3-10)2-9-5/h5-8H,4H2,1-3H3;2,10-12H,3-4H2,1H3. The van der Waals surface area contributed by atoms with Crippen molar-refractivity contribution in [2.24, 2.45) is 0 Å². The quantitative estimate of drug-likeness (QED) is 0.626. The van der Waals surface area contributed by atoms with Gasteiger partial charge in [0.15, 0.2) is 5.60 Å². The highest BCUT2D eigenvalue weighted by atomic mass is 35.5. The third-order valence-electron chi connectivity index (χ3n) is 3.71. The van der Waals surface area contributed by atoms with Crippen LogP contribution in [0.5, 0.6) is 11.5 Å². The molecule has 0 spiro atoms. The fourth-order valence-corrected chi connectivity index (χ4v) is 2.27. The molecule has 0 bridgehead atoms. The van der Waals surface area contributed by atoms with Crippen LogP contribution in [0.2, 0.25) is 5.02 Å². The molecule has 2 rings (SSSR count). The molecule has 0 aliphatic carbocycles. The molecule has 28 heavy (non-hydrogen) atoms. The lowest BCUT2D eigenvalue weighted by Crippen LogP contribution is -2.39. The summed E-state index contributed by atoms with van der Waals surface area (Å²) >= 11 is 5.75. The molecule has 0 amide bonds. The number of carbonyl (C=O) groups excluding carboxylic acids is 1. The van der Waals surface area contributed by atoms with Crippen molar-refractivity contribution >= 4 is 17.6 Å². The van der Waals surface area contributed by atoms with Gasteiger partial charge in [-0.05, 0) is 52.0 Å². The first-order chi connectivity index (χ1) is 13.2. The van der Waals surface area contributed by atoms with E-state index in [4.69, 9.17) is 31.3 Å². The van der Waals surface area contributed by atoms with Crippen LogP contribution < -0.4 is 4.74 Å². The van der Waals surface area contributed by atoms with E-state index < -0.39 is 5.60 Å². The number of ether oxygens (including phenoxy) is 2. The fraction of sp³-hybridized carbons (Fsp3) is 0.400. The van der Waals surface area contributed by atoms with E-state index in [0.717, 1.165) is 0 Å². The number of hydrogen-bond acceptors (Lipinski definition) is 7. The third-order valence-corrected chi connectivity index (χ3v) is 3.96. The Hall–Kier alpha value is -2.35. The summed E-state index contributed by atoms with van der Waals surface area (Å²) in [4.78, 5) is 15.4. The van der Waals surface area contributed by atoms with Crippen LogP contribution in [0.15, 0.2) is 30.5 Å². The second-order valence-corrected chi connectivity index (χ2v) is 6.74. The van der Waals surface area contributed by atoms with Gasteiger partial charge in [0.05, 0.1) is 25.5 Å². The molecule has 2 aromatic rings.